The molecule has 0 aliphatic rings. The third-order valence-corrected chi connectivity index (χ3v) is 6.45. The Balaban J connectivity index is 1.19. The quantitative estimate of drug-likeness (QED) is 0.192. The van der Waals surface area contributed by atoms with Crippen molar-refractivity contribution in [1.29, 1.82) is 0 Å². The van der Waals surface area contributed by atoms with E-state index in [2.05, 4.69) is 30.9 Å². The molecule has 0 bridgehead atoms. The van der Waals surface area contributed by atoms with Gasteiger partial charge in [0.05, 0.1) is 17.5 Å². The molecule has 0 aliphatic carbocycles. The van der Waals surface area contributed by atoms with Gasteiger partial charge < -0.3 is 15.4 Å². The van der Waals surface area contributed by atoms with Gasteiger partial charge in [0, 0.05) is 12.7 Å². The summed E-state index contributed by atoms with van der Waals surface area (Å²) in [5, 5.41) is 14.0. The molecule has 43 heavy (non-hydrogen) atoms. The first-order valence-electron chi connectivity index (χ1n) is 13.4. The van der Waals surface area contributed by atoms with Gasteiger partial charge in [0.1, 0.15) is 34.9 Å². The van der Waals surface area contributed by atoms with Gasteiger partial charge in [-0.3, -0.25) is 4.79 Å². The van der Waals surface area contributed by atoms with Gasteiger partial charge in [-0.25, -0.2) is 14.6 Å². The number of halogens is 3. The van der Waals surface area contributed by atoms with Crippen LogP contribution in [0.3, 0.4) is 0 Å². The number of amides is 1. The second-order valence-electron chi connectivity index (χ2n) is 9.83. The molecular formula is C31H28F3N7O2. The van der Waals surface area contributed by atoms with Crippen LogP contribution in [0.4, 0.5) is 24.8 Å². The predicted molar refractivity (Wildman–Crippen MR) is 155 cm³/mol. The maximum Gasteiger partial charge on any atom is 0.416 e. The minimum absolute atomic E-state index is 0.00303. The average Bonchev–Trinajstić information content (AvgIpc) is 3.47. The van der Waals surface area contributed by atoms with Crippen LogP contribution >= 0.6 is 0 Å². The Hall–Kier alpha value is -5.26. The van der Waals surface area contributed by atoms with Crippen molar-refractivity contribution in [2.24, 2.45) is 0 Å². The molecule has 1 amide bonds. The molecule has 2 N–H and O–H groups in total. The standard InChI is InChI=1S/C31H28F3N7O2/c1-20-15-26(37-29(16-20)38-28-18-23(12-14-35-28)31(32,33)34)27-19-41(40-39-27)21(2)30(42)36-13-11-22-7-6-10-25(17-22)43-24-8-4-3-5-9-24/h3-10,12,14-19,21H,11,13H2,1-2H3,(H,36,42)(H,35,37,38). The number of hydrogen-bond acceptors (Lipinski definition) is 7. The highest BCUT2D eigenvalue weighted by Gasteiger charge is 2.30. The molecular weight excluding hydrogens is 559 g/mol. The van der Waals surface area contributed by atoms with Gasteiger partial charge in [-0.2, -0.15) is 13.2 Å². The molecule has 0 fully saturated rings. The number of carbonyl (C=O) groups excluding carboxylic acids is 1. The van der Waals surface area contributed by atoms with Gasteiger partial charge in [0.15, 0.2) is 0 Å². The van der Waals surface area contributed by atoms with Crippen LogP contribution in [-0.4, -0.2) is 37.4 Å². The van der Waals surface area contributed by atoms with Gasteiger partial charge in [-0.05, 0) is 79.9 Å². The smallest absolute Gasteiger partial charge is 0.416 e. The average molecular weight is 588 g/mol. The Labute approximate surface area is 245 Å². The first kappa shape index (κ1) is 29.2. The molecule has 5 aromatic rings. The van der Waals surface area contributed by atoms with Crippen molar-refractivity contribution < 1.29 is 22.7 Å². The van der Waals surface area contributed by atoms with Gasteiger partial charge in [-0.15, -0.1) is 5.10 Å². The first-order chi connectivity index (χ1) is 20.6. The van der Waals surface area contributed by atoms with Crippen molar-refractivity contribution in [2.75, 3.05) is 11.9 Å². The molecule has 0 aliphatic heterocycles. The van der Waals surface area contributed by atoms with Crippen molar-refractivity contribution >= 4 is 17.5 Å². The van der Waals surface area contributed by atoms with Crippen LogP contribution in [0.5, 0.6) is 11.5 Å². The summed E-state index contributed by atoms with van der Waals surface area (Å²) < 4.78 is 46.6. The fourth-order valence-electron chi connectivity index (χ4n) is 4.24. The Kier molecular flexibility index (Phi) is 8.65. The lowest BCUT2D eigenvalue weighted by atomic mass is 10.1. The number of aromatic nitrogens is 5. The molecule has 9 nitrogen and oxygen atoms in total. The Morgan fingerprint density at radius 1 is 0.953 bits per heavy atom. The van der Waals surface area contributed by atoms with Crippen molar-refractivity contribution in [2.45, 2.75) is 32.5 Å². The Bertz CT molecular complexity index is 1710. The van der Waals surface area contributed by atoms with Crippen LogP contribution in [0, 0.1) is 6.92 Å². The van der Waals surface area contributed by atoms with Gasteiger partial charge in [0.25, 0.3) is 0 Å². The maximum atomic E-state index is 13.1. The van der Waals surface area contributed by atoms with E-state index in [4.69, 9.17) is 4.74 Å². The monoisotopic (exact) mass is 587 g/mol. The summed E-state index contributed by atoms with van der Waals surface area (Å²) in [5.41, 5.74) is 1.82. The number of hydrogen-bond donors (Lipinski definition) is 2. The van der Waals surface area contributed by atoms with Gasteiger partial charge in [-0.1, -0.05) is 35.5 Å². The van der Waals surface area contributed by atoms with E-state index in [9.17, 15) is 18.0 Å². The fourth-order valence-corrected chi connectivity index (χ4v) is 4.24. The van der Waals surface area contributed by atoms with Crippen molar-refractivity contribution in [1.82, 2.24) is 30.3 Å². The number of ether oxygens (including phenoxy) is 1. The molecule has 12 heteroatoms. The number of nitrogens with one attached hydrogen (secondary N) is 2. The highest BCUT2D eigenvalue weighted by atomic mass is 19.4. The minimum Gasteiger partial charge on any atom is -0.457 e. The summed E-state index contributed by atoms with van der Waals surface area (Å²) in [5.74, 6) is 1.52. The Morgan fingerprint density at radius 3 is 2.53 bits per heavy atom. The summed E-state index contributed by atoms with van der Waals surface area (Å²) in [4.78, 5) is 21.3. The normalized spacial score (nSPS) is 12.0. The molecule has 5 rings (SSSR count). The SMILES string of the molecule is Cc1cc(Nc2cc(C(F)(F)F)ccn2)nc(-c2cn(C(C)C(=O)NCCc3cccc(Oc4ccccc4)c3)nn2)c1. The lowest BCUT2D eigenvalue weighted by Gasteiger charge is -2.12. The third-order valence-electron chi connectivity index (χ3n) is 6.45. The van der Waals surface area contributed by atoms with E-state index in [1.807, 2.05) is 61.5 Å². The van der Waals surface area contributed by atoms with E-state index in [1.54, 1.807) is 25.3 Å². The van der Waals surface area contributed by atoms with Crippen molar-refractivity contribution in [3.63, 3.8) is 0 Å². The second kappa shape index (κ2) is 12.7. The third kappa shape index (κ3) is 7.73. The number of alkyl halides is 3. The molecule has 0 radical (unpaired) electrons. The molecule has 0 saturated heterocycles. The molecule has 3 aromatic heterocycles. The van der Waals surface area contributed by atoms with Crippen LogP contribution in [0.15, 0.2) is 91.3 Å². The fraction of sp³-hybridized carbons (Fsp3) is 0.194. The van der Waals surface area contributed by atoms with E-state index in [0.29, 0.717) is 35.9 Å². The van der Waals surface area contributed by atoms with E-state index in [0.717, 1.165) is 35.2 Å². The zero-order chi connectivity index (χ0) is 30.4. The molecule has 3 heterocycles. The molecule has 0 saturated carbocycles. The van der Waals surface area contributed by atoms with Crippen molar-refractivity contribution in [3.05, 3.63) is 108 Å². The number of aryl methyl sites for hydroxylation is 1. The number of carbonyl (C=O) groups is 1. The van der Waals surface area contributed by atoms with Gasteiger partial charge >= 0.3 is 6.18 Å². The summed E-state index contributed by atoms with van der Waals surface area (Å²) in [6.45, 7) is 3.94. The summed E-state index contributed by atoms with van der Waals surface area (Å²) in [6.07, 6.45) is -1.20. The molecule has 2 aromatic carbocycles. The van der Waals surface area contributed by atoms with E-state index in [1.165, 1.54) is 4.68 Å². The highest BCUT2D eigenvalue weighted by Crippen LogP contribution is 2.31. The predicted octanol–water partition coefficient (Wildman–Crippen LogP) is 6.52. The van der Waals surface area contributed by atoms with E-state index < -0.39 is 17.8 Å². The summed E-state index contributed by atoms with van der Waals surface area (Å²) in [7, 11) is 0. The molecule has 1 unspecified atom stereocenters. The van der Waals surface area contributed by atoms with Crippen molar-refractivity contribution in [3.8, 4) is 22.9 Å². The lowest BCUT2D eigenvalue weighted by Crippen LogP contribution is -2.32. The summed E-state index contributed by atoms with van der Waals surface area (Å²) in [6, 6.07) is 21.8. The number of para-hydroxylation sites is 1. The topological polar surface area (TPSA) is 107 Å². The highest BCUT2D eigenvalue weighted by molar-refractivity contribution is 5.79. The second-order valence-corrected chi connectivity index (χ2v) is 9.83. The number of benzene rings is 2. The maximum absolute atomic E-state index is 13.1. The lowest BCUT2D eigenvalue weighted by molar-refractivity contribution is -0.137. The zero-order valence-electron chi connectivity index (χ0n) is 23.3. The largest absolute Gasteiger partial charge is 0.457 e. The van der Waals surface area contributed by atoms with Crippen LogP contribution in [0.1, 0.15) is 29.7 Å². The number of pyridine rings is 2. The van der Waals surface area contributed by atoms with Gasteiger partial charge in [0.2, 0.25) is 5.91 Å². The van der Waals surface area contributed by atoms with E-state index in [-0.39, 0.29) is 11.7 Å². The van der Waals surface area contributed by atoms with Crippen LogP contribution < -0.4 is 15.4 Å². The van der Waals surface area contributed by atoms with Crippen LogP contribution in [0.25, 0.3) is 11.4 Å². The van der Waals surface area contributed by atoms with Crippen LogP contribution in [-0.2, 0) is 17.4 Å². The molecule has 220 valence electrons. The number of nitrogens with zero attached hydrogens (tertiary/aromatic N) is 5. The summed E-state index contributed by atoms with van der Waals surface area (Å²) >= 11 is 0. The minimum atomic E-state index is -4.49. The molecule has 0 spiro atoms. The van der Waals surface area contributed by atoms with E-state index >= 15 is 0 Å². The number of anilines is 2. The molecule has 1 atom stereocenters. The first-order valence-corrected chi connectivity index (χ1v) is 13.4. The zero-order valence-corrected chi connectivity index (χ0v) is 23.3. The Morgan fingerprint density at radius 2 is 1.74 bits per heavy atom. The van der Waals surface area contributed by atoms with Crippen LogP contribution in [0.2, 0.25) is 0 Å². The number of rotatable bonds is 10.